The minimum Gasteiger partial charge on any atom is -0.493 e. The number of anilines is 2. The van der Waals surface area contributed by atoms with Crippen molar-refractivity contribution in [3.05, 3.63) is 124 Å². The van der Waals surface area contributed by atoms with Gasteiger partial charge in [-0.2, -0.15) is 0 Å². The fraction of sp³-hybridized carbons (Fsp3) is 0.0857. The fourth-order valence-electron chi connectivity index (χ4n) is 4.29. The highest BCUT2D eigenvalue weighted by atomic mass is 35.5. The molecule has 1 aromatic heterocycles. The Labute approximate surface area is 285 Å². The molecular weight excluding hydrogens is 656 g/mol. The molecule has 0 spiro atoms. The van der Waals surface area contributed by atoms with Crippen LogP contribution in [0.1, 0.15) is 15.9 Å². The molecule has 12 heteroatoms. The average Bonchev–Trinajstić information content (AvgIpc) is 3.56. The molecule has 0 aliphatic rings. The molecular formula is C35H29ClN4O5S2. The van der Waals surface area contributed by atoms with Gasteiger partial charge >= 0.3 is 0 Å². The minimum absolute atomic E-state index is 0.0264. The summed E-state index contributed by atoms with van der Waals surface area (Å²) in [6, 6.07) is 28.2. The first-order chi connectivity index (χ1) is 22.8. The van der Waals surface area contributed by atoms with Crippen LogP contribution in [0.2, 0.25) is 5.02 Å². The van der Waals surface area contributed by atoms with Crippen molar-refractivity contribution in [2.24, 2.45) is 0 Å². The number of methoxy groups -OCH3 is 2. The first-order valence-electron chi connectivity index (χ1n) is 14.2. The van der Waals surface area contributed by atoms with Gasteiger partial charge in [-0.25, -0.2) is 4.98 Å². The highest BCUT2D eigenvalue weighted by molar-refractivity contribution is 8.00. The van der Waals surface area contributed by atoms with Crippen molar-refractivity contribution in [3.8, 4) is 22.8 Å². The number of amides is 3. The molecule has 0 atom stereocenters. The summed E-state index contributed by atoms with van der Waals surface area (Å²) in [5.41, 5.74) is 3.07. The molecule has 238 valence electrons. The van der Waals surface area contributed by atoms with Crippen molar-refractivity contribution in [2.75, 3.05) is 30.6 Å². The molecule has 0 unspecified atom stereocenters. The number of carbonyl (C=O) groups excluding carboxylic acids is 3. The van der Waals surface area contributed by atoms with E-state index in [9.17, 15) is 14.4 Å². The number of carbonyl (C=O) groups is 3. The Morgan fingerprint density at radius 2 is 1.60 bits per heavy atom. The van der Waals surface area contributed by atoms with Crippen LogP contribution >= 0.6 is 34.7 Å². The second kappa shape index (κ2) is 15.9. The van der Waals surface area contributed by atoms with E-state index in [1.807, 2.05) is 17.5 Å². The van der Waals surface area contributed by atoms with Gasteiger partial charge in [0, 0.05) is 32.1 Å². The zero-order valence-corrected chi connectivity index (χ0v) is 27.7. The highest BCUT2D eigenvalue weighted by Gasteiger charge is 2.16. The maximum atomic E-state index is 13.3. The van der Waals surface area contributed by atoms with Crippen LogP contribution in [-0.2, 0) is 9.59 Å². The lowest BCUT2D eigenvalue weighted by Crippen LogP contribution is -2.30. The zero-order valence-electron chi connectivity index (χ0n) is 25.3. The lowest BCUT2D eigenvalue weighted by atomic mass is 10.1. The molecule has 9 nitrogen and oxygen atoms in total. The molecule has 4 aromatic carbocycles. The number of hydrogen-bond donors (Lipinski definition) is 3. The number of nitrogens with one attached hydrogen (secondary N) is 3. The number of benzene rings is 4. The van der Waals surface area contributed by atoms with Crippen molar-refractivity contribution < 1.29 is 23.9 Å². The first kappa shape index (κ1) is 33.3. The molecule has 0 bridgehead atoms. The minimum atomic E-state index is -0.523. The number of aromatic nitrogens is 1. The maximum Gasteiger partial charge on any atom is 0.272 e. The van der Waals surface area contributed by atoms with Crippen LogP contribution in [0.25, 0.3) is 17.3 Å². The van der Waals surface area contributed by atoms with Gasteiger partial charge in [0.15, 0.2) is 16.6 Å². The predicted octanol–water partition coefficient (Wildman–Crippen LogP) is 7.62. The molecule has 47 heavy (non-hydrogen) atoms. The van der Waals surface area contributed by atoms with Gasteiger partial charge in [0.25, 0.3) is 11.8 Å². The van der Waals surface area contributed by atoms with E-state index in [1.165, 1.54) is 29.2 Å². The molecule has 0 aliphatic carbocycles. The third-order valence-corrected chi connectivity index (χ3v) is 8.76. The molecule has 1 heterocycles. The first-order valence-corrected chi connectivity index (χ1v) is 16.4. The largest absolute Gasteiger partial charge is 0.493 e. The van der Waals surface area contributed by atoms with Crippen molar-refractivity contribution in [1.29, 1.82) is 0 Å². The second-order valence-corrected chi connectivity index (χ2v) is 12.1. The van der Waals surface area contributed by atoms with E-state index < -0.39 is 11.8 Å². The molecule has 0 aliphatic heterocycles. The Morgan fingerprint density at radius 1 is 0.872 bits per heavy atom. The van der Waals surface area contributed by atoms with E-state index in [0.29, 0.717) is 44.2 Å². The number of thioether (sulfide) groups is 1. The predicted molar refractivity (Wildman–Crippen MR) is 188 cm³/mol. The van der Waals surface area contributed by atoms with Crippen LogP contribution in [0.3, 0.4) is 0 Å². The SMILES string of the molecule is COc1ccc(-c2csc(NC(=O)CSc3ccc(NC(=O)/C(=C/c4ccccc4Cl)NC(=O)c4ccccc4)cc3)n2)cc1OC. The molecule has 5 aromatic rings. The molecule has 3 amide bonds. The lowest BCUT2D eigenvalue weighted by molar-refractivity contribution is -0.114. The summed E-state index contributed by atoms with van der Waals surface area (Å²) in [6.07, 6.45) is 1.53. The number of halogens is 1. The Morgan fingerprint density at radius 3 is 2.32 bits per heavy atom. The van der Waals surface area contributed by atoms with E-state index in [2.05, 4.69) is 20.9 Å². The summed E-state index contributed by atoms with van der Waals surface area (Å²) in [5, 5.41) is 11.1. The molecule has 3 N–H and O–H groups in total. The van der Waals surface area contributed by atoms with Crippen LogP contribution in [0.4, 0.5) is 10.8 Å². The summed E-state index contributed by atoms with van der Waals surface area (Å²) in [4.78, 5) is 44.2. The number of rotatable bonds is 12. The van der Waals surface area contributed by atoms with Crippen LogP contribution in [0.15, 0.2) is 113 Å². The Kier molecular flexibility index (Phi) is 11.3. The average molecular weight is 685 g/mol. The van der Waals surface area contributed by atoms with E-state index >= 15 is 0 Å². The normalized spacial score (nSPS) is 11.0. The second-order valence-electron chi connectivity index (χ2n) is 9.82. The molecule has 0 fully saturated rings. The van der Waals surface area contributed by atoms with Crippen molar-refractivity contribution in [1.82, 2.24) is 10.3 Å². The summed E-state index contributed by atoms with van der Waals surface area (Å²) >= 11 is 8.99. The standard InChI is InChI=1S/C35H29ClN4O5S2/c1-44-30-17-12-24(19-31(30)45-2)29-20-47-35(39-29)40-32(41)21-46-26-15-13-25(14-16-26)37-34(43)28(18-23-10-6-7-11-27(23)36)38-33(42)22-8-4-3-5-9-22/h3-20H,21H2,1-2H3,(H,37,43)(H,38,42)(H,39,40,41)/b28-18-. The molecule has 0 radical (unpaired) electrons. The Balaban J connectivity index is 1.18. The van der Waals surface area contributed by atoms with Gasteiger partial charge < -0.3 is 25.4 Å². The zero-order chi connectivity index (χ0) is 33.2. The topological polar surface area (TPSA) is 119 Å². The molecule has 0 saturated heterocycles. The maximum absolute atomic E-state index is 13.3. The monoisotopic (exact) mass is 684 g/mol. The number of nitrogens with zero attached hydrogens (tertiary/aromatic N) is 1. The Bertz CT molecular complexity index is 1910. The van der Waals surface area contributed by atoms with E-state index in [4.69, 9.17) is 21.1 Å². The van der Waals surface area contributed by atoms with E-state index in [1.54, 1.807) is 99.1 Å². The summed E-state index contributed by atoms with van der Waals surface area (Å²) in [5.74, 6) is 0.213. The van der Waals surface area contributed by atoms with Crippen LogP contribution < -0.4 is 25.4 Å². The third-order valence-electron chi connectivity index (χ3n) is 6.65. The van der Waals surface area contributed by atoms with Crippen molar-refractivity contribution in [2.45, 2.75) is 4.90 Å². The number of ether oxygens (including phenoxy) is 2. The van der Waals surface area contributed by atoms with Gasteiger partial charge in [-0.05, 0) is 72.3 Å². The molecule has 0 saturated carbocycles. The quantitative estimate of drug-likeness (QED) is 0.0914. The van der Waals surface area contributed by atoms with E-state index in [0.717, 1.165) is 10.5 Å². The van der Waals surface area contributed by atoms with Gasteiger partial charge in [-0.3, -0.25) is 14.4 Å². The van der Waals surface area contributed by atoms with Gasteiger partial charge in [0.1, 0.15) is 5.70 Å². The fourth-order valence-corrected chi connectivity index (χ4v) is 5.91. The summed E-state index contributed by atoms with van der Waals surface area (Å²) < 4.78 is 10.7. The van der Waals surface area contributed by atoms with Gasteiger partial charge in [0.2, 0.25) is 5.91 Å². The smallest absolute Gasteiger partial charge is 0.272 e. The Hall–Kier alpha value is -5.10. The van der Waals surface area contributed by atoms with Gasteiger partial charge in [-0.1, -0.05) is 48.0 Å². The van der Waals surface area contributed by atoms with Crippen molar-refractivity contribution in [3.63, 3.8) is 0 Å². The van der Waals surface area contributed by atoms with Crippen LogP contribution in [-0.4, -0.2) is 42.7 Å². The lowest BCUT2D eigenvalue weighted by Gasteiger charge is -2.12. The van der Waals surface area contributed by atoms with E-state index in [-0.39, 0.29) is 17.4 Å². The summed E-state index contributed by atoms with van der Waals surface area (Å²) in [6.45, 7) is 0. The molecule has 5 rings (SSSR count). The van der Waals surface area contributed by atoms with Gasteiger partial charge in [0.05, 0.1) is 25.7 Å². The third kappa shape index (κ3) is 9.01. The van der Waals surface area contributed by atoms with Gasteiger partial charge in [-0.15, -0.1) is 23.1 Å². The highest BCUT2D eigenvalue weighted by Crippen LogP contribution is 2.33. The number of hydrogen-bond acceptors (Lipinski definition) is 8. The number of thiazole rings is 1. The summed E-state index contributed by atoms with van der Waals surface area (Å²) in [7, 11) is 3.15. The van der Waals surface area contributed by atoms with Crippen molar-refractivity contribution >= 4 is 69.3 Å². The van der Waals surface area contributed by atoms with Crippen LogP contribution in [0, 0.1) is 0 Å². The van der Waals surface area contributed by atoms with Crippen LogP contribution in [0.5, 0.6) is 11.5 Å².